The van der Waals surface area contributed by atoms with E-state index in [1.165, 1.54) is 6.33 Å². The Balaban J connectivity index is 2.49. The number of hydrogen-bond donors (Lipinski definition) is 2. The molecule has 1 heterocycles. The van der Waals surface area contributed by atoms with E-state index in [2.05, 4.69) is 20.6 Å². The largest absolute Gasteiger partial charge is 0.378 e. The molecular formula is C11H20N6O3. The number of nitrogens with zero attached hydrogens (tertiary/aromatic N) is 4. The number of aromatic nitrogens is 2. The number of anilines is 2. The Morgan fingerprint density at radius 1 is 1.35 bits per heavy atom. The van der Waals surface area contributed by atoms with Gasteiger partial charge in [0.15, 0.2) is 0 Å². The van der Waals surface area contributed by atoms with E-state index in [4.69, 9.17) is 4.74 Å². The van der Waals surface area contributed by atoms with E-state index in [1.807, 2.05) is 19.0 Å². The molecule has 0 aliphatic carbocycles. The molecule has 0 atom stereocenters. The Labute approximate surface area is 117 Å². The van der Waals surface area contributed by atoms with E-state index in [0.717, 1.165) is 6.54 Å². The number of ether oxygens (including phenoxy) is 1. The van der Waals surface area contributed by atoms with Crippen molar-refractivity contribution in [3.05, 3.63) is 16.4 Å². The highest BCUT2D eigenvalue weighted by Crippen LogP contribution is 2.27. The molecule has 1 rings (SSSR count). The second-order valence-corrected chi connectivity index (χ2v) is 4.27. The Morgan fingerprint density at radius 2 is 2.05 bits per heavy atom. The fourth-order valence-electron chi connectivity index (χ4n) is 1.45. The van der Waals surface area contributed by atoms with Crippen molar-refractivity contribution >= 4 is 17.3 Å². The maximum Gasteiger partial charge on any atom is 0.353 e. The Bertz CT molecular complexity index is 440. The van der Waals surface area contributed by atoms with Crippen molar-refractivity contribution < 1.29 is 9.66 Å². The van der Waals surface area contributed by atoms with Crippen LogP contribution in [0.2, 0.25) is 0 Å². The molecule has 0 saturated carbocycles. The van der Waals surface area contributed by atoms with Gasteiger partial charge in [-0.15, -0.1) is 0 Å². The van der Waals surface area contributed by atoms with Crippen molar-refractivity contribution in [2.75, 3.05) is 58.1 Å². The smallest absolute Gasteiger partial charge is 0.353 e. The average Bonchev–Trinajstić information content (AvgIpc) is 2.41. The van der Waals surface area contributed by atoms with Crippen LogP contribution in [-0.4, -0.2) is 67.2 Å². The number of nitrogens with one attached hydrogen (secondary N) is 2. The van der Waals surface area contributed by atoms with Gasteiger partial charge in [0, 0.05) is 20.1 Å². The van der Waals surface area contributed by atoms with Gasteiger partial charge >= 0.3 is 5.69 Å². The predicted molar refractivity (Wildman–Crippen MR) is 76.1 cm³/mol. The first-order valence-electron chi connectivity index (χ1n) is 6.19. The molecule has 0 unspecified atom stereocenters. The molecule has 1 aromatic rings. The molecule has 9 nitrogen and oxygen atoms in total. The minimum atomic E-state index is -0.513. The van der Waals surface area contributed by atoms with Crippen LogP contribution in [0.3, 0.4) is 0 Å². The molecule has 1 aromatic heterocycles. The van der Waals surface area contributed by atoms with Crippen LogP contribution < -0.4 is 10.6 Å². The van der Waals surface area contributed by atoms with E-state index in [1.54, 1.807) is 7.05 Å². The van der Waals surface area contributed by atoms with Gasteiger partial charge in [0.25, 0.3) is 0 Å². The van der Waals surface area contributed by atoms with Gasteiger partial charge in [-0.3, -0.25) is 10.1 Å². The lowest BCUT2D eigenvalue weighted by Crippen LogP contribution is -2.20. The summed E-state index contributed by atoms with van der Waals surface area (Å²) in [7, 11) is 5.50. The monoisotopic (exact) mass is 284 g/mol. The Hall–Kier alpha value is -2.00. The molecule has 0 spiro atoms. The Morgan fingerprint density at radius 3 is 2.65 bits per heavy atom. The first-order valence-corrected chi connectivity index (χ1v) is 6.19. The molecule has 0 radical (unpaired) electrons. The van der Waals surface area contributed by atoms with Crippen molar-refractivity contribution in [3.63, 3.8) is 0 Å². The first kappa shape index (κ1) is 16.1. The SMILES string of the molecule is CNc1ncnc(NCCOCCN(C)C)c1[N+](=O)[O-]. The van der Waals surface area contributed by atoms with Gasteiger partial charge < -0.3 is 20.3 Å². The van der Waals surface area contributed by atoms with Crippen molar-refractivity contribution in [1.82, 2.24) is 14.9 Å². The summed E-state index contributed by atoms with van der Waals surface area (Å²) in [6.07, 6.45) is 1.27. The van der Waals surface area contributed by atoms with Crippen LogP contribution in [0.5, 0.6) is 0 Å². The summed E-state index contributed by atoms with van der Waals surface area (Å²) in [5, 5.41) is 16.6. The minimum absolute atomic E-state index is 0.164. The number of rotatable bonds is 9. The van der Waals surface area contributed by atoms with Crippen LogP contribution in [0.1, 0.15) is 0 Å². The van der Waals surface area contributed by atoms with Crippen LogP contribution >= 0.6 is 0 Å². The third-order valence-electron chi connectivity index (χ3n) is 2.46. The topological polar surface area (TPSA) is 105 Å². The molecule has 0 aromatic carbocycles. The fraction of sp³-hybridized carbons (Fsp3) is 0.636. The average molecular weight is 284 g/mol. The molecular weight excluding hydrogens is 264 g/mol. The summed E-state index contributed by atoms with van der Waals surface area (Å²) in [4.78, 5) is 20.2. The minimum Gasteiger partial charge on any atom is -0.378 e. The molecule has 9 heteroatoms. The summed E-state index contributed by atoms with van der Waals surface area (Å²) in [5.41, 5.74) is -0.164. The number of nitro groups is 1. The van der Waals surface area contributed by atoms with Gasteiger partial charge in [-0.1, -0.05) is 0 Å². The first-order chi connectivity index (χ1) is 9.56. The molecule has 20 heavy (non-hydrogen) atoms. The van der Waals surface area contributed by atoms with E-state index < -0.39 is 4.92 Å². The summed E-state index contributed by atoms with van der Waals surface area (Å²) in [6.45, 7) is 2.33. The normalized spacial score (nSPS) is 10.6. The maximum atomic E-state index is 11.0. The summed E-state index contributed by atoms with van der Waals surface area (Å²) < 4.78 is 5.39. The Kier molecular flexibility index (Phi) is 6.60. The van der Waals surface area contributed by atoms with Crippen LogP contribution in [-0.2, 0) is 4.74 Å². The lowest BCUT2D eigenvalue weighted by Gasteiger charge is -2.11. The number of hydrogen-bond acceptors (Lipinski definition) is 8. The van der Waals surface area contributed by atoms with Crippen molar-refractivity contribution in [2.24, 2.45) is 0 Å². The van der Waals surface area contributed by atoms with Crippen LogP contribution in [0, 0.1) is 10.1 Å². The lowest BCUT2D eigenvalue weighted by atomic mass is 10.4. The fourth-order valence-corrected chi connectivity index (χ4v) is 1.45. The van der Waals surface area contributed by atoms with Crippen LogP contribution in [0.4, 0.5) is 17.3 Å². The van der Waals surface area contributed by atoms with Gasteiger partial charge in [-0.25, -0.2) is 9.97 Å². The van der Waals surface area contributed by atoms with Gasteiger partial charge in [0.05, 0.1) is 18.1 Å². The summed E-state index contributed by atoms with van der Waals surface area (Å²) >= 11 is 0. The summed E-state index contributed by atoms with van der Waals surface area (Å²) in [6, 6.07) is 0. The third-order valence-corrected chi connectivity index (χ3v) is 2.46. The molecule has 112 valence electrons. The zero-order chi connectivity index (χ0) is 15.0. The molecule has 0 aliphatic rings. The van der Waals surface area contributed by atoms with Crippen LogP contribution in [0.25, 0.3) is 0 Å². The maximum absolute atomic E-state index is 11.0. The van der Waals surface area contributed by atoms with Gasteiger partial charge in [-0.05, 0) is 14.1 Å². The number of likely N-dealkylation sites (N-methyl/N-ethyl adjacent to an activating group) is 1. The summed E-state index contributed by atoms with van der Waals surface area (Å²) in [5.74, 6) is 0.367. The predicted octanol–water partition coefficient (Wildman–Crippen LogP) is 0.417. The highest BCUT2D eigenvalue weighted by atomic mass is 16.6. The van der Waals surface area contributed by atoms with Crippen molar-refractivity contribution in [2.45, 2.75) is 0 Å². The highest BCUT2D eigenvalue weighted by molar-refractivity contribution is 5.68. The van der Waals surface area contributed by atoms with Crippen molar-refractivity contribution in [1.29, 1.82) is 0 Å². The van der Waals surface area contributed by atoms with Gasteiger partial charge in [0.1, 0.15) is 6.33 Å². The third kappa shape index (κ3) is 4.94. The quantitative estimate of drug-likeness (QED) is 0.382. The molecule has 0 fully saturated rings. The standard InChI is InChI=1S/C11H20N6O3/c1-12-10-9(17(18)19)11(15-8-14-10)13-4-6-20-7-5-16(2)3/h8H,4-7H2,1-3H3,(H2,12,13,14,15). The molecule has 0 aliphatic heterocycles. The zero-order valence-corrected chi connectivity index (χ0v) is 11.9. The second-order valence-electron chi connectivity index (χ2n) is 4.27. The van der Waals surface area contributed by atoms with Gasteiger partial charge in [0.2, 0.25) is 11.6 Å². The van der Waals surface area contributed by atoms with E-state index in [9.17, 15) is 10.1 Å². The van der Waals surface area contributed by atoms with E-state index in [-0.39, 0.29) is 17.3 Å². The lowest BCUT2D eigenvalue weighted by molar-refractivity contribution is -0.383. The molecule has 2 N–H and O–H groups in total. The second kappa shape index (κ2) is 8.23. The zero-order valence-electron chi connectivity index (χ0n) is 11.9. The van der Waals surface area contributed by atoms with E-state index in [0.29, 0.717) is 19.8 Å². The molecule has 0 amide bonds. The van der Waals surface area contributed by atoms with E-state index >= 15 is 0 Å². The van der Waals surface area contributed by atoms with Crippen molar-refractivity contribution in [3.8, 4) is 0 Å². The van der Waals surface area contributed by atoms with Gasteiger partial charge in [-0.2, -0.15) is 0 Å². The highest BCUT2D eigenvalue weighted by Gasteiger charge is 2.21. The molecule has 0 bridgehead atoms. The van der Waals surface area contributed by atoms with Crippen LogP contribution in [0.15, 0.2) is 6.33 Å². The molecule has 0 saturated heterocycles.